The van der Waals surface area contributed by atoms with Gasteiger partial charge in [0.25, 0.3) is 0 Å². The molecule has 1 heterocycles. The van der Waals surface area contributed by atoms with Gasteiger partial charge in [-0.15, -0.1) is 0 Å². The monoisotopic (exact) mass is 272 g/mol. The fourth-order valence-corrected chi connectivity index (χ4v) is 5.45. The molecule has 0 spiro atoms. The first-order valence-electron chi connectivity index (χ1n) is 8.10. The molecule has 108 valence electrons. The Labute approximate surface area is 120 Å². The summed E-state index contributed by atoms with van der Waals surface area (Å²) in [6.07, 6.45) is 10.9. The molecule has 0 amide bonds. The molecule has 1 unspecified atom stereocenters. The number of ether oxygens (including phenoxy) is 1. The molecule has 4 saturated carbocycles. The van der Waals surface area contributed by atoms with Crippen molar-refractivity contribution < 1.29 is 4.74 Å². The highest BCUT2D eigenvalue weighted by Crippen LogP contribution is 2.57. The number of nitrogens with two attached hydrogens (primary N) is 1. The molecule has 4 fully saturated rings. The van der Waals surface area contributed by atoms with Crippen molar-refractivity contribution in [2.45, 2.75) is 38.2 Å². The fraction of sp³-hybridized carbons (Fsp3) is 0.706. The summed E-state index contributed by atoms with van der Waals surface area (Å²) in [6, 6.07) is 3.92. The van der Waals surface area contributed by atoms with Crippen LogP contribution >= 0.6 is 0 Å². The third kappa shape index (κ3) is 2.12. The topological polar surface area (TPSA) is 48.1 Å². The summed E-state index contributed by atoms with van der Waals surface area (Å²) >= 11 is 0. The molecule has 20 heavy (non-hydrogen) atoms. The third-order valence-corrected chi connectivity index (χ3v) is 5.88. The summed E-state index contributed by atoms with van der Waals surface area (Å²) in [4.78, 5) is 4.14. The van der Waals surface area contributed by atoms with E-state index in [2.05, 4.69) is 4.98 Å². The number of aromatic nitrogens is 1. The Morgan fingerprint density at radius 2 is 1.85 bits per heavy atom. The maximum atomic E-state index is 6.20. The molecule has 1 aromatic rings. The highest BCUT2D eigenvalue weighted by molar-refractivity contribution is 5.16. The Kier molecular flexibility index (Phi) is 3.18. The van der Waals surface area contributed by atoms with Crippen LogP contribution in [0, 0.1) is 29.6 Å². The van der Waals surface area contributed by atoms with E-state index in [0.29, 0.717) is 12.5 Å². The predicted octanol–water partition coefficient (Wildman–Crippen LogP) is 2.86. The lowest BCUT2D eigenvalue weighted by atomic mass is 9.51. The first-order valence-corrected chi connectivity index (χ1v) is 8.10. The van der Waals surface area contributed by atoms with E-state index < -0.39 is 0 Å². The van der Waals surface area contributed by atoms with E-state index in [-0.39, 0.29) is 6.10 Å². The van der Waals surface area contributed by atoms with Crippen LogP contribution in [0.25, 0.3) is 0 Å². The van der Waals surface area contributed by atoms with Gasteiger partial charge in [0.1, 0.15) is 11.9 Å². The van der Waals surface area contributed by atoms with Crippen LogP contribution in [0.15, 0.2) is 24.5 Å². The Morgan fingerprint density at radius 1 is 1.15 bits per heavy atom. The van der Waals surface area contributed by atoms with Crippen LogP contribution in [-0.2, 0) is 0 Å². The van der Waals surface area contributed by atoms with Crippen molar-refractivity contribution >= 4 is 0 Å². The summed E-state index contributed by atoms with van der Waals surface area (Å²) in [5.41, 5.74) is 6.06. The average molecular weight is 272 g/mol. The van der Waals surface area contributed by atoms with Gasteiger partial charge in [0.05, 0.1) is 6.20 Å². The fourth-order valence-electron chi connectivity index (χ4n) is 5.45. The van der Waals surface area contributed by atoms with Crippen LogP contribution in [0.4, 0.5) is 0 Å². The molecule has 3 nitrogen and oxygen atoms in total. The Hall–Kier alpha value is -1.09. The highest BCUT2D eigenvalue weighted by atomic mass is 16.5. The number of hydrogen-bond acceptors (Lipinski definition) is 3. The number of hydrogen-bond donors (Lipinski definition) is 1. The van der Waals surface area contributed by atoms with Gasteiger partial charge in [0.2, 0.25) is 0 Å². The SMILES string of the molecule is NCC(Oc1cccnc1)C1C2CC3CC(C2)CC1C3. The molecular weight excluding hydrogens is 248 g/mol. The first kappa shape index (κ1) is 12.6. The maximum absolute atomic E-state index is 6.20. The molecule has 4 bridgehead atoms. The van der Waals surface area contributed by atoms with Crippen molar-refractivity contribution in [1.29, 1.82) is 0 Å². The van der Waals surface area contributed by atoms with Gasteiger partial charge < -0.3 is 10.5 Å². The van der Waals surface area contributed by atoms with Gasteiger partial charge in [0.15, 0.2) is 0 Å². The molecule has 3 heteroatoms. The van der Waals surface area contributed by atoms with E-state index in [0.717, 1.165) is 29.4 Å². The molecule has 5 rings (SSSR count). The lowest BCUT2D eigenvalue weighted by molar-refractivity contribution is -0.0794. The molecule has 0 saturated heterocycles. The third-order valence-electron chi connectivity index (χ3n) is 5.88. The van der Waals surface area contributed by atoms with Gasteiger partial charge in [0, 0.05) is 18.7 Å². The minimum atomic E-state index is 0.175. The van der Waals surface area contributed by atoms with Crippen molar-refractivity contribution in [1.82, 2.24) is 4.98 Å². The Morgan fingerprint density at radius 3 is 2.40 bits per heavy atom. The van der Waals surface area contributed by atoms with Crippen LogP contribution in [0.1, 0.15) is 32.1 Å². The zero-order chi connectivity index (χ0) is 13.5. The second-order valence-electron chi connectivity index (χ2n) is 7.09. The summed E-state index contributed by atoms with van der Waals surface area (Å²) in [5.74, 6) is 5.27. The second-order valence-corrected chi connectivity index (χ2v) is 7.09. The minimum Gasteiger partial charge on any atom is -0.487 e. The summed E-state index contributed by atoms with van der Waals surface area (Å²) < 4.78 is 6.20. The Balaban J connectivity index is 1.53. The second kappa shape index (κ2) is 5.03. The van der Waals surface area contributed by atoms with Crippen molar-refractivity contribution in [3.63, 3.8) is 0 Å². The highest BCUT2D eigenvalue weighted by Gasteiger charge is 2.50. The largest absolute Gasteiger partial charge is 0.487 e. The van der Waals surface area contributed by atoms with Crippen molar-refractivity contribution in [2.24, 2.45) is 35.3 Å². The van der Waals surface area contributed by atoms with Gasteiger partial charge in [-0.05, 0) is 67.9 Å². The standard InChI is InChI=1S/C17H24N2O/c18-9-16(20-15-2-1-3-19-10-15)17-13-5-11-4-12(7-13)8-14(17)6-11/h1-3,10-14,16-17H,4-9,18H2. The van der Waals surface area contributed by atoms with E-state index in [9.17, 15) is 0 Å². The number of nitrogens with zero attached hydrogens (tertiary/aromatic N) is 1. The summed E-state index contributed by atoms with van der Waals surface area (Å²) in [6.45, 7) is 0.627. The number of rotatable bonds is 4. The van der Waals surface area contributed by atoms with Crippen molar-refractivity contribution in [3.8, 4) is 5.75 Å². The lowest BCUT2D eigenvalue weighted by Gasteiger charge is -2.56. The van der Waals surface area contributed by atoms with E-state index in [1.54, 1.807) is 12.4 Å². The van der Waals surface area contributed by atoms with Gasteiger partial charge in [-0.25, -0.2) is 0 Å². The zero-order valence-corrected chi connectivity index (χ0v) is 11.9. The van der Waals surface area contributed by atoms with Gasteiger partial charge in [-0.1, -0.05) is 0 Å². The molecule has 4 aliphatic rings. The van der Waals surface area contributed by atoms with Gasteiger partial charge in [-0.3, -0.25) is 4.98 Å². The van der Waals surface area contributed by atoms with Crippen LogP contribution in [-0.4, -0.2) is 17.6 Å². The van der Waals surface area contributed by atoms with E-state index >= 15 is 0 Å². The zero-order valence-electron chi connectivity index (χ0n) is 11.9. The molecule has 1 atom stereocenters. The van der Waals surface area contributed by atoms with Gasteiger partial charge >= 0.3 is 0 Å². The Bertz CT molecular complexity index is 433. The average Bonchev–Trinajstić information content (AvgIpc) is 2.46. The van der Waals surface area contributed by atoms with Crippen LogP contribution < -0.4 is 10.5 Å². The van der Waals surface area contributed by atoms with Gasteiger partial charge in [-0.2, -0.15) is 0 Å². The first-order chi connectivity index (χ1) is 9.83. The molecule has 4 aliphatic carbocycles. The molecule has 0 radical (unpaired) electrons. The van der Waals surface area contributed by atoms with Crippen molar-refractivity contribution in [3.05, 3.63) is 24.5 Å². The minimum absolute atomic E-state index is 0.175. The molecular formula is C17H24N2O. The molecule has 0 aliphatic heterocycles. The van der Waals surface area contributed by atoms with E-state index in [1.807, 2.05) is 12.1 Å². The lowest BCUT2D eigenvalue weighted by Crippen LogP contribution is -2.52. The predicted molar refractivity (Wildman–Crippen MR) is 78.2 cm³/mol. The van der Waals surface area contributed by atoms with Crippen LogP contribution in [0.3, 0.4) is 0 Å². The molecule has 1 aromatic heterocycles. The van der Waals surface area contributed by atoms with Crippen LogP contribution in [0.2, 0.25) is 0 Å². The molecule has 2 N–H and O–H groups in total. The van der Waals surface area contributed by atoms with E-state index in [1.165, 1.54) is 32.1 Å². The number of pyridine rings is 1. The quantitative estimate of drug-likeness (QED) is 0.917. The maximum Gasteiger partial charge on any atom is 0.138 e. The van der Waals surface area contributed by atoms with E-state index in [4.69, 9.17) is 10.5 Å². The summed E-state index contributed by atoms with van der Waals surface area (Å²) in [5, 5.41) is 0. The van der Waals surface area contributed by atoms with Crippen molar-refractivity contribution in [2.75, 3.05) is 6.54 Å². The normalized spacial score (nSPS) is 39.8. The molecule has 0 aromatic carbocycles. The van der Waals surface area contributed by atoms with Crippen LogP contribution in [0.5, 0.6) is 5.75 Å². The summed E-state index contributed by atoms with van der Waals surface area (Å²) in [7, 11) is 0. The smallest absolute Gasteiger partial charge is 0.138 e.